The van der Waals surface area contributed by atoms with Gasteiger partial charge in [-0.05, 0) is 5.56 Å². The molecule has 1 aromatic carbocycles. The van der Waals surface area contributed by atoms with Crippen LogP contribution in [0.1, 0.15) is 11.4 Å². The van der Waals surface area contributed by atoms with Gasteiger partial charge in [0.2, 0.25) is 3.79 Å². The number of halogens is 3. The van der Waals surface area contributed by atoms with E-state index in [2.05, 4.69) is 15.2 Å². The van der Waals surface area contributed by atoms with Gasteiger partial charge in [-0.1, -0.05) is 59.1 Å². The molecule has 0 amide bonds. The number of alkyl halides is 3. The highest BCUT2D eigenvalue weighted by Crippen LogP contribution is 2.36. The first-order valence-electron chi connectivity index (χ1n) is 4.79. The van der Waals surface area contributed by atoms with Gasteiger partial charge in [0.25, 0.3) is 0 Å². The molecule has 90 valence electrons. The lowest BCUT2D eigenvalue weighted by atomic mass is 10.1. The first-order valence-corrected chi connectivity index (χ1v) is 5.93. The average Bonchev–Trinajstić information content (AvgIpc) is 2.78. The van der Waals surface area contributed by atoms with Gasteiger partial charge in [-0.15, -0.1) is 0 Å². The number of nitrogens with two attached hydrogens (primary N) is 1. The number of rotatable bonds is 2. The van der Waals surface area contributed by atoms with E-state index in [1.807, 2.05) is 24.3 Å². The maximum Gasteiger partial charge on any atom is 0.249 e. The zero-order valence-corrected chi connectivity index (χ0v) is 10.9. The Morgan fingerprint density at radius 3 is 2.29 bits per heavy atom. The van der Waals surface area contributed by atoms with Gasteiger partial charge in [-0.25, -0.2) is 4.98 Å². The summed E-state index contributed by atoms with van der Waals surface area (Å²) in [6.45, 7) is 0.494. The maximum absolute atomic E-state index is 5.69. The molecule has 17 heavy (non-hydrogen) atoms. The second-order valence-corrected chi connectivity index (χ2v) is 5.69. The van der Waals surface area contributed by atoms with Gasteiger partial charge in [0.15, 0.2) is 11.6 Å². The van der Waals surface area contributed by atoms with Crippen LogP contribution in [0.15, 0.2) is 24.3 Å². The molecule has 0 atom stereocenters. The minimum Gasteiger partial charge on any atom is -0.326 e. The molecule has 0 aliphatic heterocycles. The lowest BCUT2D eigenvalue weighted by Gasteiger charge is -2.04. The number of benzene rings is 1. The van der Waals surface area contributed by atoms with Crippen molar-refractivity contribution in [2.75, 3.05) is 0 Å². The highest BCUT2D eigenvalue weighted by atomic mass is 35.6. The fraction of sp³-hybridized carbons (Fsp3) is 0.200. The summed E-state index contributed by atoms with van der Waals surface area (Å²) in [6, 6.07) is 7.54. The molecule has 1 heterocycles. The van der Waals surface area contributed by atoms with Gasteiger partial charge in [0.05, 0.1) is 0 Å². The molecule has 0 aliphatic carbocycles. The van der Waals surface area contributed by atoms with Crippen LogP contribution in [0.4, 0.5) is 0 Å². The van der Waals surface area contributed by atoms with Gasteiger partial charge in [0, 0.05) is 12.1 Å². The van der Waals surface area contributed by atoms with Crippen LogP contribution in [0.25, 0.3) is 11.4 Å². The average molecular weight is 292 g/mol. The zero-order valence-electron chi connectivity index (χ0n) is 8.62. The smallest absolute Gasteiger partial charge is 0.249 e. The van der Waals surface area contributed by atoms with Crippen LogP contribution in [0.2, 0.25) is 0 Å². The van der Waals surface area contributed by atoms with Crippen molar-refractivity contribution in [1.29, 1.82) is 0 Å². The Hall–Kier alpha value is -0.810. The third-order valence-electron chi connectivity index (χ3n) is 2.20. The van der Waals surface area contributed by atoms with E-state index in [1.165, 1.54) is 0 Å². The Morgan fingerprint density at radius 1 is 1.18 bits per heavy atom. The van der Waals surface area contributed by atoms with Crippen molar-refractivity contribution in [3.63, 3.8) is 0 Å². The topological polar surface area (TPSA) is 67.6 Å². The van der Waals surface area contributed by atoms with Gasteiger partial charge < -0.3 is 5.73 Å². The molecule has 4 nitrogen and oxygen atoms in total. The predicted molar refractivity (Wildman–Crippen MR) is 68.9 cm³/mol. The van der Waals surface area contributed by atoms with E-state index < -0.39 is 3.79 Å². The maximum atomic E-state index is 5.69. The molecule has 0 unspecified atom stereocenters. The van der Waals surface area contributed by atoms with Crippen LogP contribution in [0, 0.1) is 0 Å². The highest BCUT2D eigenvalue weighted by Gasteiger charge is 2.27. The lowest BCUT2D eigenvalue weighted by Crippen LogP contribution is -2.02. The van der Waals surface area contributed by atoms with Crippen LogP contribution in [0.3, 0.4) is 0 Å². The summed E-state index contributed by atoms with van der Waals surface area (Å²) in [5.74, 6) is 0.676. The molecule has 0 saturated carbocycles. The van der Waals surface area contributed by atoms with Crippen LogP contribution in [-0.2, 0) is 10.3 Å². The molecule has 1 aromatic heterocycles. The lowest BCUT2D eigenvalue weighted by molar-refractivity contribution is 0.974. The van der Waals surface area contributed by atoms with E-state index >= 15 is 0 Å². The summed E-state index contributed by atoms with van der Waals surface area (Å²) in [5.41, 5.74) is 7.38. The Bertz CT molecular complexity index is 501. The van der Waals surface area contributed by atoms with Gasteiger partial charge in [0.1, 0.15) is 0 Å². The number of nitrogens with zero attached hydrogens (tertiary/aromatic N) is 2. The standard InChI is InChI=1S/C10H9Cl3N4/c11-10(12,13)9-15-8(16-17-9)7-3-1-6(5-14)2-4-7/h1-4H,5,14H2,(H,15,16,17). The van der Waals surface area contributed by atoms with E-state index in [9.17, 15) is 0 Å². The molecular weight excluding hydrogens is 282 g/mol. The molecule has 7 heteroatoms. The van der Waals surface area contributed by atoms with Crippen molar-refractivity contribution < 1.29 is 0 Å². The van der Waals surface area contributed by atoms with Crippen LogP contribution >= 0.6 is 34.8 Å². The van der Waals surface area contributed by atoms with Gasteiger partial charge in [-0.3, -0.25) is 5.10 Å². The first kappa shape index (κ1) is 12.6. The van der Waals surface area contributed by atoms with Crippen molar-refractivity contribution >= 4 is 34.8 Å². The number of H-pyrrole nitrogens is 1. The molecular formula is C10H9Cl3N4. The summed E-state index contributed by atoms with van der Waals surface area (Å²) in [5, 5.41) is 6.58. The molecule has 0 bridgehead atoms. The molecule has 0 fully saturated rings. The second-order valence-electron chi connectivity index (χ2n) is 3.41. The number of hydrogen-bond acceptors (Lipinski definition) is 3. The summed E-state index contributed by atoms with van der Waals surface area (Å²) < 4.78 is -1.59. The van der Waals surface area contributed by atoms with Crippen molar-refractivity contribution in [2.24, 2.45) is 5.73 Å². The SMILES string of the molecule is NCc1ccc(-c2n[nH]c(C(Cl)(Cl)Cl)n2)cc1. The normalized spacial score (nSPS) is 11.8. The Balaban J connectivity index is 2.30. The van der Waals surface area contributed by atoms with Crippen molar-refractivity contribution in [3.05, 3.63) is 35.7 Å². The Kier molecular flexibility index (Phi) is 3.58. The predicted octanol–water partition coefficient (Wildman–Crippen LogP) is 2.76. The minimum atomic E-state index is -1.59. The molecule has 0 spiro atoms. The summed E-state index contributed by atoms with van der Waals surface area (Å²) in [6.07, 6.45) is 0. The van der Waals surface area contributed by atoms with Crippen molar-refractivity contribution in [1.82, 2.24) is 15.2 Å². The summed E-state index contributed by atoms with van der Waals surface area (Å²) >= 11 is 17.1. The third kappa shape index (κ3) is 2.90. The number of aromatic amines is 1. The van der Waals surface area contributed by atoms with E-state index in [0.717, 1.165) is 11.1 Å². The molecule has 2 aromatic rings. The van der Waals surface area contributed by atoms with Crippen molar-refractivity contribution in [2.45, 2.75) is 10.3 Å². The number of nitrogens with one attached hydrogen (secondary N) is 1. The molecule has 3 N–H and O–H groups in total. The second kappa shape index (κ2) is 4.82. The van der Waals surface area contributed by atoms with Gasteiger partial charge in [-0.2, -0.15) is 5.10 Å². The molecule has 0 saturated heterocycles. The molecule has 0 aliphatic rings. The summed E-state index contributed by atoms with van der Waals surface area (Å²) in [4.78, 5) is 4.11. The molecule has 2 rings (SSSR count). The van der Waals surface area contributed by atoms with E-state index in [-0.39, 0.29) is 5.82 Å². The monoisotopic (exact) mass is 290 g/mol. The fourth-order valence-electron chi connectivity index (χ4n) is 1.31. The Labute approximate surface area is 113 Å². The van der Waals surface area contributed by atoms with Crippen LogP contribution in [0.5, 0.6) is 0 Å². The quantitative estimate of drug-likeness (QED) is 0.836. The highest BCUT2D eigenvalue weighted by molar-refractivity contribution is 6.66. The first-order chi connectivity index (χ1) is 8.00. The zero-order chi connectivity index (χ0) is 12.5. The van der Waals surface area contributed by atoms with E-state index in [0.29, 0.717) is 12.4 Å². The van der Waals surface area contributed by atoms with Crippen LogP contribution < -0.4 is 5.73 Å². The van der Waals surface area contributed by atoms with E-state index in [1.54, 1.807) is 0 Å². The van der Waals surface area contributed by atoms with Crippen LogP contribution in [-0.4, -0.2) is 15.2 Å². The Morgan fingerprint density at radius 2 is 1.82 bits per heavy atom. The minimum absolute atomic E-state index is 0.195. The fourth-order valence-corrected chi connectivity index (χ4v) is 1.56. The van der Waals surface area contributed by atoms with E-state index in [4.69, 9.17) is 40.5 Å². The number of hydrogen-bond donors (Lipinski definition) is 2. The van der Waals surface area contributed by atoms with Gasteiger partial charge >= 0.3 is 0 Å². The third-order valence-corrected chi connectivity index (χ3v) is 2.74. The number of aromatic nitrogens is 3. The summed E-state index contributed by atoms with van der Waals surface area (Å²) in [7, 11) is 0. The molecule has 0 radical (unpaired) electrons. The van der Waals surface area contributed by atoms with Crippen molar-refractivity contribution in [3.8, 4) is 11.4 Å². The largest absolute Gasteiger partial charge is 0.326 e.